The molecule has 31 heavy (non-hydrogen) atoms. The minimum Gasteiger partial charge on any atom is -0.497 e. The van der Waals surface area contributed by atoms with Gasteiger partial charge >= 0.3 is 0 Å². The smallest absolute Gasteiger partial charge is 0.227 e. The lowest BCUT2D eigenvalue weighted by Crippen LogP contribution is -2.34. The highest BCUT2D eigenvalue weighted by Crippen LogP contribution is 2.20. The zero-order chi connectivity index (χ0) is 22.2. The molecule has 1 amide bonds. The van der Waals surface area contributed by atoms with Crippen LogP contribution >= 0.6 is 0 Å². The predicted octanol–water partition coefficient (Wildman–Crippen LogP) is 5.46. The highest BCUT2D eigenvalue weighted by Gasteiger charge is 2.19. The second kappa shape index (κ2) is 11.0. The van der Waals surface area contributed by atoms with E-state index >= 15 is 0 Å². The summed E-state index contributed by atoms with van der Waals surface area (Å²) in [4.78, 5) is 20.2. The molecule has 0 fully saturated rings. The van der Waals surface area contributed by atoms with E-state index in [0.29, 0.717) is 18.9 Å². The zero-order valence-corrected chi connectivity index (χ0v) is 19.3. The van der Waals surface area contributed by atoms with E-state index in [9.17, 15) is 4.79 Å². The first kappa shape index (κ1) is 22.9. The van der Waals surface area contributed by atoms with Crippen molar-refractivity contribution in [2.75, 3.05) is 13.7 Å². The topological polar surface area (TPSA) is 47.4 Å². The van der Waals surface area contributed by atoms with Gasteiger partial charge in [-0.1, -0.05) is 51.5 Å². The van der Waals surface area contributed by atoms with Gasteiger partial charge in [0.05, 0.1) is 31.1 Å². The molecule has 0 atom stereocenters. The maximum Gasteiger partial charge on any atom is 0.227 e. The Balaban J connectivity index is 1.85. The molecule has 0 bridgehead atoms. The molecule has 0 saturated carbocycles. The number of carbonyl (C=O) groups is 1. The number of methoxy groups -OCH3 is 1. The normalized spacial score (nSPS) is 11.3. The fourth-order valence-corrected chi connectivity index (χ4v) is 3.76. The van der Waals surface area contributed by atoms with Crippen LogP contribution in [0.4, 0.5) is 0 Å². The summed E-state index contributed by atoms with van der Waals surface area (Å²) in [6.07, 6.45) is 3.55. The number of para-hydroxylation sites is 2. The third kappa shape index (κ3) is 6.09. The van der Waals surface area contributed by atoms with E-state index in [1.54, 1.807) is 7.11 Å². The standard InChI is InChI=1S/C26H35N3O2/c1-5-6-15-29-24-13-8-7-12-23(24)27-25(29)19-28(16-14-20(2)3)26(30)18-21-10-9-11-22(17-21)31-4/h7-13,17,20H,5-6,14-16,18-19H2,1-4H3. The molecule has 0 aliphatic carbocycles. The van der Waals surface area contributed by atoms with Gasteiger partial charge < -0.3 is 14.2 Å². The molecule has 1 aromatic heterocycles. The fourth-order valence-electron chi connectivity index (χ4n) is 3.76. The third-order valence-electron chi connectivity index (χ3n) is 5.62. The predicted molar refractivity (Wildman–Crippen MR) is 126 cm³/mol. The Hall–Kier alpha value is -2.82. The number of rotatable bonds is 11. The zero-order valence-electron chi connectivity index (χ0n) is 19.3. The highest BCUT2D eigenvalue weighted by atomic mass is 16.5. The number of aromatic nitrogens is 2. The maximum atomic E-state index is 13.3. The number of amides is 1. The Bertz CT molecular complexity index is 993. The van der Waals surface area contributed by atoms with Gasteiger partial charge in [0.2, 0.25) is 5.91 Å². The first-order valence-corrected chi connectivity index (χ1v) is 11.4. The van der Waals surface area contributed by atoms with Gasteiger partial charge in [-0.2, -0.15) is 0 Å². The Morgan fingerprint density at radius 3 is 2.71 bits per heavy atom. The lowest BCUT2D eigenvalue weighted by molar-refractivity contribution is -0.131. The van der Waals surface area contributed by atoms with E-state index in [1.165, 1.54) is 0 Å². The summed E-state index contributed by atoms with van der Waals surface area (Å²) in [6, 6.07) is 16.0. The minimum absolute atomic E-state index is 0.128. The Morgan fingerprint density at radius 1 is 1.16 bits per heavy atom. The third-order valence-corrected chi connectivity index (χ3v) is 5.62. The van der Waals surface area contributed by atoms with Crippen LogP contribution in [-0.2, 0) is 24.3 Å². The van der Waals surface area contributed by atoms with Crippen LogP contribution in [0.1, 0.15) is 51.4 Å². The van der Waals surface area contributed by atoms with Crippen LogP contribution in [0, 0.1) is 5.92 Å². The highest BCUT2D eigenvalue weighted by molar-refractivity contribution is 5.79. The first-order valence-electron chi connectivity index (χ1n) is 11.4. The van der Waals surface area contributed by atoms with Crippen LogP contribution in [0.2, 0.25) is 0 Å². The summed E-state index contributed by atoms with van der Waals surface area (Å²) in [5.41, 5.74) is 3.12. The number of fused-ring (bicyclic) bond motifs is 1. The Kier molecular flexibility index (Phi) is 8.10. The molecule has 166 valence electrons. The van der Waals surface area contributed by atoms with Crippen molar-refractivity contribution in [2.45, 2.75) is 59.5 Å². The van der Waals surface area contributed by atoms with Crippen molar-refractivity contribution >= 4 is 16.9 Å². The quantitative estimate of drug-likeness (QED) is 0.413. The SMILES string of the molecule is CCCCn1c(CN(CCC(C)C)C(=O)Cc2cccc(OC)c2)nc2ccccc21. The molecule has 0 unspecified atom stereocenters. The number of unbranched alkanes of at least 4 members (excludes halogenated alkanes) is 1. The van der Waals surface area contributed by atoms with Crippen molar-refractivity contribution in [3.63, 3.8) is 0 Å². The van der Waals surface area contributed by atoms with Crippen molar-refractivity contribution in [1.82, 2.24) is 14.5 Å². The number of nitrogens with zero attached hydrogens (tertiary/aromatic N) is 3. The van der Waals surface area contributed by atoms with Crippen LogP contribution < -0.4 is 4.74 Å². The first-order chi connectivity index (χ1) is 15.0. The van der Waals surface area contributed by atoms with Gasteiger partial charge in [0.25, 0.3) is 0 Å². The lowest BCUT2D eigenvalue weighted by atomic mass is 10.1. The van der Waals surface area contributed by atoms with E-state index in [2.05, 4.69) is 43.5 Å². The lowest BCUT2D eigenvalue weighted by Gasteiger charge is -2.24. The van der Waals surface area contributed by atoms with Gasteiger partial charge in [-0.15, -0.1) is 0 Å². The van der Waals surface area contributed by atoms with Crippen LogP contribution in [0.3, 0.4) is 0 Å². The number of hydrogen-bond donors (Lipinski definition) is 0. The molecular formula is C26H35N3O2. The van der Waals surface area contributed by atoms with Gasteiger partial charge in [-0.05, 0) is 48.6 Å². The average molecular weight is 422 g/mol. The monoisotopic (exact) mass is 421 g/mol. The van der Waals surface area contributed by atoms with Crippen LogP contribution in [0.15, 0.2) is 48.5 Å². The second-order valence-electron chi connectivity index (χ2n) is 8.55. The molecular weight excluding hydrogens is 386 g/mol. The number of hydrogen-bond acceptors (Lipinski definition) is 3. The fraction of sp³-hybridized carbons (Fsp3) is 0.462. The Labute approximate surface area is 186 Å². The molecule has 2 aromatic carbocycles. The maximum absolute atomic E-state index is 13.3. The summed E-state index contributed by atoms with van der Waals surface area (Å²) in [7, 11) is 1.65. The van der Waals surface area contributed by atoms with Gasteiger partial charge in [-0.3, -0.25) is 4.79 Å². The number of benzene rings is 2. The molecule has 3 aromatic rings. The van der Waals surface area contributed by atoms with Crippen molar-refractivity contribution in [3.05, 3.63) is 59.9 Å². The van der Waals surface area contributed by atoms with Crippen molar-refractivity contribution in [3.8, 4) is 5.75 Å². The van der Waals surface area contributed by atoms with E-state index in [1.807, 2.05) is 35.2 Å². The summed E-state index contributed by atoms with van der Waals surface area (Å²) in [5.74, 6) is 2.41. The van der Waals surface area contributed by atoms with E-state index < -0.39 is 0 Å². The largest absolute Gasteiger partial charge is 0.497 e. The number of imidazole rings is 1. The van der Waals surface area contributed by atoms with Gasteiger partial charge in [0, 0.05) is 13.1 Å². The summed E-state index contributed by atoms with van der Waals surface area (Å²) >= 11 is 0. The minimum atomic E-state index is 0.128. The van der Waals surface area contributed by atoms with Crippen molar-refractivity contribution in [2.24, 2.45) is 5.92 Å². The molecule has 1 heterocycles. The van der Waals surface area contributed by atoms with Gasteiger partial charge in [0.15, 0.2) is 0 Å². The second-order valence-corrected chi connectivity index (χ2v) is 8.55. The molecule has 0 spiro atoms. The van der Waals surface area contributed by atoms with E-state index in [-0.39, 0.29) is 5.91 Å². The van der Waals surface area contributed by atoms with Gasteiger partial charge in [-0.25, -0.2) is 4.98 Å². The molecule has 5 heteroatoms. The molecule has 3 rings (SSSR count). The van der Waals surface area contributed by atoms with Crippen LogP contribution in [0.25, 0.3) is 11.0 Å². The van der Waals surface area contributed by atoms with Crippen LogP contribution in [-0.4, -0.2) is 34.0 Å². The summed E-state index contributed by atoms with van der Waals surface area (Å²) in [6.45, 7) is 8.79. The molecule has 0 aliphatic rings. The molecule has 0 saturated heterocycles. The van der Waals surface area contributed by atoms with Crippen molar-refractivity contribution < 1.29 is 9.53 Å². The van der Waals surface area contributed by atoms with Crippen LogP contribution in [0.5, 0.6) is 5.75 Å². The van der Waals surface area contributed by atoms with Gasteiger partial charge in [0.1, 0.15) is 11.6 Å². The number of carbonyl (C=O) groups excluding carboxylic acids is 1. The summed E-state index contributed by atoms with van der Waals surface area (Å²) < 4.78 is 7.61. The summed E-state index contributed by atoms with van der Waals surface area (Å²) in [5, 5.41) is 0. The molecule has 0 N–H and O–H groups in total. The van der Waals surface area contributed by atoms with E-state index in [4.69, 9.17) is 9.72 Å². The molecule has 5 nitrogen and oxygen atoms in total. The molecule has 0 radical (unpaired) electrons. The molecule has 0 aliphatic heterocycles. The Morgan fingerprint density at radius 2 is 1.97 bits per heavy atom. The van der Waals surface area contributed by atoms with E-state index in [0.717, 1.165) is 60.5 Å². The average Bonchev–Trinajstić information content (AvgIpc) is 3.12. The number of aryl methyl sites for hydroxylation is 1. The number of ether oxygens (including phenoxy) is 1. The van der Waals surface area contributed by atoms with Crippen molar-refractivity contribution in [1.29, 1.82) is 0 Å².